The Morgan fingerprint density at radius 3 is 2.00 bits per heavy atom. The van der Waals surface area contributed by atoms with Gasteiger partial charge >= 0.3 is 11.9 Å². The first-order valence-electron chi connectivity index (χ1n) is 5.81. The van der Waals surface area contributed by atoms with Crippen molar-refractivity contribution >= 4 is 11.9 Å². The van der Waals surface area contributed by atoms with Crippen molar-refractivity contribution in [2.45, 2.75) is 37.8 Å². The number of ether oxygens (including phenoxy) is 1. The lowest BCUT2D eigenvalue weighted by Crippen LogP contribution is -2.32. The molecule has 3 N–H and O–H groups in total. The molecule has 0 aromatic carbocycles. The summed E-state index contributed by atoms with van der Waals surface area (Å²) in [5.74, 6) is -2.51. The number of carboxylic acids is 2. The number of carboxylic acid groups (broad SMARTS) is 2. The van der Waals surface area contributed by atoms with E-state index < -0.39 is 11.9 Å². The average molecular weight is 270 g/mol. The highest BCUT2D eigenvalue weighted by Crippen LogP contribution is 2.20. The molecule has 1 saturated carbocycles. The fourth-order valence-corrected chi connectivity index (χ4v) is 1.68. The normalized spacial score (nSPS) is 21.9. The van der Waals surface area contributed by atoms with Crippen molar-refractivity contribution in [3.05, 3.63) is 12.2 Å². The molecule has 7 nitrogen and oxygen atoms in total. The van der Waals surface area contributed by atoms with Crippen LogP contribution >= 0.6 is 0 Å². The molecular weight excluding hydrogens is 252 g/mol. The Hall–Kier alpha value is -2.07. The largest absolute Gasteiger partial charge is 0.478 e. The summed E-state index contributed by atoms with van der Waals surface area (Å²) < 4.78 is 5.21. The van der Waals surface area contributed by atoms with E-state index in [1.54, 1.807) is 7.11 Å². The molecule has 1 aliphatic carbocycles. The number of rotatable bonds is 4. The Kier molecular flexibility index (Phi) is 8.83. The van der Waals surface area contributed by atoms with Crippen molar-refractivity contribution in [2.24, 2.45) is 0 Å². The molecular formula is C12H18N2O5. The van der Waals surface area contributed by atoms with Crippen LogP contribution in [-0.4, -0.2) is 41.4 Å². The van der Waals surface area contributed by atoms with Crippen molar-refractivity contribution in [3.8, 4) is 6.19 Å². The third-order valence-electron chi connectivity index (χ3n) is 2.64. The Labute approximate surface area is 111 Å². The molecule has 0 saturated heterocycles. The molecule has 1 rings (SSSR count). The molecule has 0 amide bonds. The molecule has 0 atom stereocenters. The Morgan fingerprint density at radius 2 is 1.68 bits per heavy atom. The molecule has 0 spiro atoms. The van der Waals surface area contributed by atoms with Crippen LogP contribution in [0, 0.1) is 11.5 Å². The van der Waals surface area contributed by atoms with Crippen LogP contribution in [0.25, 0.3) is 0 Å². The zero-order chi connectivity index (χ0) is 14.7. The first kappa shape index (κ1) is 16.9. The SMILES string of the molecule is COC1CCC(NC#N)CC1.O=C(O)/C=C\C(=O)O. The Bertz CT molecular complexity index is 338. The quantitative estimate of drug-likeness (QED) is 0.391. The predicted octanol–water partition coefficient (Wildman–Crippen LogP) is 0.726. The molecule has 0 unspecified atom stereocenters. The number of hydrogen-bond acceptors (Lipinski definition) is 5. The molecule has 1 fully saturated rings. The van der Waals surface area contributed by atoms with Gasteiger partial charge in [-0.15, -0.1) is 0 Å². The smallest absolute Gasteiger partial charge is 0.328 e. The minimum Gasteiger partial charge on any atom is -0.478 e. The van der Waals surface area contributed by atoms with E-state index >= 15 is 0 Å². The summed E-state index contributed by atoms with van der Waals surface area (Å²) in [5.41, 5.74) is 0. The van der Waals surface area contributed by atoms with E-state index in [0.29, 0.717) is 24.3 Å². The van der Waals surface area contributed by atoms with Crippen LogP contribution in [0.4, 0.5) is 0 Å². The van der Waals surface area contributed by atoms with Crippen molar-refractivity contribution in [3.63, 3.8) is 0 Å². The van der Waals surface area contributed by atoms with Crippen LogP contribution in [0.3, 0.4) is 0 Å². The summed E-state index contributed by atoms with van der Waals surface area (Å²) in [5, 5.41) is 26.8. The van der Waals surface area contributed by atoms with Crippen LogP contribution in [-0.2, 0) is 14.3 Å². The predicted molar refractivity (Wildman–Crippen MR) is 66.2 cm³/mol. The van der Waals surface area contributed by atoms with Gasteiger partial charge in [0.2, 0.25) is 0 Å². The standard InChI is InChI=1S/C8H14N2O.C4H4O4/c1-11-8-4-2-7(3-5-8)10-6-9;5-3(6)1-2-4(7)8/h7-8,10H,2-5H2,1H3;1-2H,(H,5,6)(H,7,8)/b;2-1-. The van der Waals surface area contributed by atoms with Gasteiger partial charge in [0.1, 0.15) is 0 Å². The van der Waals surface area contributed by atoms with Crippen molar-refractivity contribution in [2.75, 3.05) is 7.11 Å². The molecule has 0 aromatic heterocycles. The third-order valence-corrected chi connectivity index (χ3v) is 2.64. The lowest BCUT2D eigenvalue weighted by Gasteiger charge is -2.26. The van der Waals surface area contributed by atoms with Gasteiger partial charge in [-0.25, -0.2) is 9.59 Å². The Balaban J connectivity index is 0.000000362. The molecule has 19 heavy (non-hydrogen) atoms. The number of hydrogen-bond donors (Lipinski definition) is 3. The van der Waals surface area contributed by atoms with Gasteiger partial charge in [0.05, 0.1) is 6.10 Å². The van der Waals surface area contributed by atoms with Crippen molar-refractivity contribution < 1.29 is 24.5 Å². The zero-order valence-corrected chi connectivity index (χ0v) is 10.7. The highest BCUT2D eigenvalue weighted by molar-refractivity contribution is 5.89. The molecule has 0 radical (unpaired) electrons. The molecule has 0 aromatic rings. The van der Waals surface area contributed by atoms with E-state index in [9.17, 15) is 9.59 Å². The first-order valence-corrected chi connectivity index (χ1v) is 5.81. The summed E-state index contributed by atoms with van der Waals surface area (Å²) in [6, 6.07) is 0.395. The Morgan fingerprint density at radius 1 is 1.21 bits per heavy atom. The van der Waals surface area contributed by atoms with E-state index in [0.717, 1.165) is 25.7 Å². The van der Waals surface area contributed by atoms with Gasteiger partial charge in [0.25, 0.3) is 0 Å². The first-order chi connectivity index (χ1) is 8.99. The van der Waals surface area contributed by atoms with E-state index in [1.165, 1.54) is 0 Å². The second-order valence-corrected chi connectivity index (χ2v) is 3.98. The average Bonchev–Trinajstić information content (AvgIpc) is 2.38. The maximum Gasteiger partial charge on any atom is 0.328 e. The van der Waals surface area contributed by atoms with Crippen molar-refractivity contribution in [1.29, 1.82) is 5.26 Å². The second-order valence-electron chi connectivity index (χ2n) is 3.98. The second kappa shape index (κ2) is 9.91. The molecule has 0 aliphatic heterocycles. The lowest BCUT2D eigenvalue weighted by molar-refractivity contribution is -0.134. The summed E-state index contributed by atoms with van der Waals surface area (Å²) >= 11 is 0. The fourth-order valence-electron chi connectivity index (χ4n) is 1.68. The molecule has 1 aliphatic rings. The van der Waals surface area contributed by atoms with Gasteiger partial charge in [-0.1, -0.05) is 0 Å². The van der Waals surface area contributed by atoms with E-state index in [-0.39, 0.29) is 0 Å². The summed E-state index contributed by atoms with van der Waals surface area (Å²) in [4.78, 5) is 19.1. The van der Waals surface area contributed by atoms with E-state index in [1.807, 2.05) is 6.19 Å². The van der Waals surface area contributed by atoms with Crippen LogP contribution in [0.2, 0.25) is 0 Å². The third kappa shape index (κ3) is 9.62. The van der Waals surface area contributed by atoms with Gasteiger partial charge in [0.15, 0.2) is 6.19 Å². The fraction of sp³-hybridized carbons (Fsp3) is 0.583. The molecule has 106 valence electrons. The zero-order valence-electron chi connectivity index (χ0n) is 10.7. The van der Waals surface area contributed by atoms with Crippen LogP contribution in [0.15, 0.2) is 12.2 Å². The number of carbonyl (C=O) groups is 2. The van der Waals surface area contributed by atoms with Gasteiger partial charge < -0.3 is 20.3 Å². The number of methoxy groups -OCH3 is 1. The van der Waals surface area contributed by atoms with E-state index in [2.05, 4.69) is 5.32 Å². The minimum atomic E-state index is -1.26. The topological polar surface area (TPSA) is 120 Å². The van der Waals surface area contributed by atoms with Crippen LogP contribution in [0.5, 0.6) is 0 Å². The van der Waals surface area contributed by atoms with E-state index in [4.69, 9.17) is 20.2 Å². The number of nitriles is 1. The highest BCUT2D eigenvalue weighted by Gasteiger charge is 2.19. The maximum atomic E-state index is 9.55. The summed E-state index contributed by atoms with van der Waals surface area (Å²) in [7, 11) is 1.75. The summed E-state index contributed by atoms with van der Waals surface area (Å²) in [6.45, 7) is 0. The van der Waals surface area contributed by atoms with Gasteiger partial charge in [-0.05, 0) is 25.7 Å². The number of aliphatic carboxylic acids is 2. The molecule has 7 heteroatoms. The van der Waals surface area contributed by atoms with Crippen molar-refractivity contribution in [1.82, 2.24) is 5.32 Å². The minimum absolute atomic E-state index is 0.395. The van der Waals surface area contributed by atoms with Gasteiger partial charge in [0, 0.05) is 25.3 Å². The lowest BCUT2D eigenvalue weighted by atomic mass is 9.93. The van der Waals surface area contributed by atoms with Crippen LogP contribution in [0.1, 0.15) is 25.7 Å². The molecule has 0 heterocycles. The summed E-state index contributed by atoms with van der Waals surface area (Å²) in [6.07, 6.45) is 7.80. The molecule has 0 bridgehead atoms. The van der Waals surface area contributed by atoms with Crippen LogP contribution < -0.4 is 5.32 Å². The maximum absolute atomic E-state index is 9.55. The van der Waals surface area contributed by atoms with Gasteiger partial charge in [-0.2, -0.15) is 5.26 Å². The van der Waals surface area contributed by atoms with Gasteiger partial charge in [-0.3, -0.25) is 0 Å². The number of nitrogens with zero attached hydrogens (tertiary/aromatic N) is 1. The number of nitrogens with one attached hydrogen (secondary N) is 1. The monoisotopic (exact) mass is 270 g/mol. The highest BCUT2D eigenvalue weighted by atomic mass is 16.5.